The van der Waals surface area contributed by atoms with E-state index in [0.717, 1.165) is 16.7 Å². The minimum absolute atomic E-state index is 0.195. The summed E-state index contributed by atoms with van der Waals surface area (Å²) >= 11 is 0. The van der Waals surface area contributed by atoms with Gasteiger partial charge in [0.25, 0.3) is 0 Å². The van der Waals surface area contributed by atoms with Crippen LogP contribution in [0.25, 0.3) is 10.9 Å². The van der Waals surface area contributed by atoms with E-state index in [9.17, 15) is 0 Å². The topological polar surface area (TPSA) is 37.9 Å². The zero-order valence-corrected chi connectivity index (χ0v) is 7.74. The molecule has 1 aromatic carbocycles. The molecule has 2 aromatic rings. The Kier molecular flexibility index (Phi) is 1.93. The van der Waals surface area contributed by atoms with E-state index in [-0.39, 0.29) is 6.10 Å². The number of rotatable bonds is 2. The van der Waals surface area contributed by atoms with Gasteiger partial charge in [0, 0.05) is 0 Å². The predicted octanol–water partition coefficient (Wildman–Crippen LogP) is 2.35. The highest BCUT2D eigenvalue weighted by molar-refractivity contribution is 5.84. The summed E-state index contributed by atoms with van der Waals surface area (Å²) in [7, 11) is 0. The maximum Gasteiger partial charge on any atom is 0.130 e. The molecule has 0 aliphatic rings. The molecule has 0 unspecified atom stereocenters. The number of ether oxygens (including phenoxy) is 1. The molecule has 13 heavy (non-hydrogen) atoms. The molecular weight excluding hydrogens is 164 g/mol. The highest BCUT2D eigenvalue weighted by Crippen LogP contribution is 2.24. The molecule has 0 radical (unpaired) electrons. The molecule has 3 heteroatoms. The fourth-order valence-electron chi connectivity index (χ4n) is 1.30. The minimum atomic E-state index is 0.195. The van der Waals surface area contributed by atoms with Crippen molar-refractivity contribution < 1.29 is 4.74 Å². The number of aromatic nitrogens is 2. The third kappa shape index (κ3) is 1.49. The number of aromatic amines is 1. The van der Waals surface area contributed by atoms with Gasteiger partial charge in [-0.25, -0.2) is 0 Å². The van der Waals surface area contributed by atoms with E-state index in [1.807, 2.05) is 32.0 Å². The summed E-state index contributed by atoms with van der Waals surface area (Å²) in [6.07, 6.45) is 1.98. The van der Waals surface area contributed by atoms with E-state index in [1.54, 1.807) is 6.20 Å². The van der Waals surface area contributed by atoms with Crippen LogP contribution >= 0.6 is 0 Å². The van der Waals surface area contributed by atoms with E-state index in [1.165, 1.54) is 0 Å². The van der Waals surface area contributed by atoms with Gasteiger partial charge in [0.2, 0.25) is 0 Å². The van der Waals surface area contributed by atoms with E-state index in [2.05, 4.69) is 10.2 Å². The van der Waals surface area contributed by atoms with Crippen molar-refractivity contribution in [2.24, 2.45) is 0 Å². The molecule has 68 valence electrons. The fraction of sp³-hybridized carbons (Fsp3) is 0.300. The summed E-state index contributed by atoms with van der Waals surface area (Å²) in [5.74, 6) is 0.890. The zero-order chi connectivity index (χ0) is 9.26. The van der Waals surface area contributed by atoms with Gasteiger partial charge in [-0.15, -0.1) is 0 Å². The van der Waals surface area contributed by atoms with Crippen LogP contribution in [0.3, 0.4) is 0 Å². The van der Waals surface area contributed by atoms with Gasteiger partial charge in [0.15, 0.2) is 0 Å². The normalized spacial score (nSPS) is 11.0. The van der Waals surface area contributed by atoms with Crippen LogP contribution in [0.1, 0.15) is 13.8 Å². The third-order valence-electron chi connectivity index (χ3n) is 1.81. The summed E-state index contributed by atoms with van der Waals surface area (Å²) in [5.41, 5.74) is 1.01. The van der Waals surface area contributed by atoms with Gasteiger partial charge in [0.05, 0.1) is 23.2 Å². The van der Waals surface area contributed by atoms with Gasteiger partial charge in [-0.05, 0) is 26.0 Å². The predicted molar refractivity (Wildman–Crippen MR) is 51.9 cm³/mol. The zero-order valence-electron chi connectivity index (χ0n) is 7.74. The second-order valence-corrected chi connectivity index (χ2v) is 3.25. The summed E-state index contributed by atoms with van der Waals surface area (Å²) in [4.78, 5) is 0. The molecule has 0 amide bonds. The molecular formula is C10H12N2O. The van der Waals surface area contributed by atoms with Gasteiger partial charge in [-0.3, -0.25) is 5.10 Å². The number of nitrogens with zero attached hydrogens (tertiary/aromatic N) is 1. The molecule has 0 aliphatic carbocycles. The van der Waals surface area contributed by atoms with E-state index in [4.69, 9.17) is 4.74 Å². The Balaban J connectivity index is 2.48. The summed E-state index contributed by atoms with van der Waals surface area (Å²) in [6, 6.07) is 5.89. The number of benzene rings is 1. The van der Waals surface area contributed by atoms with E-state index >= 15 is 0 Å². The molecule has 1 N–H and O–H groups in total. The molecule has 2 rings (SSSR count). The van der Waals surface area contributed by atoms with Crippen molar-refractivity contribution in [1.29, 1.82) is 0 Å². The SMILES string of the molecule is CC(C)Oc1cccc2[nH]ncc12. The van der Waals surface area contributed by atoms with Crippen LogP contribution in [0.4, 0.5) is 0 Å². The van der Waals surface area contributed by atoms with Crippen molar-refractivity contribution >= 4 is 10.9 Å². The van der Waals surface area contributed by atoms with E-state index < -0.39 is 0 Å². The largest absolute Gasteiger partial charge is 0.490 e. The average Bonchev–Trinajstić information content (AvgIpc) is 2.51. The Hall–Kier alpha value is -1.51. The number of hydrogen-bond acceptors (Lipinski definition) is 2. The monoisotopic (exact) mass is 176 g/mol. The number of H-pyrrole nitrogens is 1. The summed E-state index contributed by atoms with van der Waals surface area (Å²) in [5, 5.41) is 7.91. The van der Waals surface area contributed by atoms with Crippen molar-refractivity contribution in [3.63, 3.8) is 0 Å². The lowest BCUT2D eigenvalue weighted by Crippen LogP contribution is -2.05. The maximum atomic E-state index is 5.63. The van der Waals surface area contributed by atoms with Gasteiger partial charge in [-0.1, -0.05) is 6.07 Å². The standard InChI is InChI=1S/C10H12N2O/c1-7(2)13-10-5-3-4-9-8(10)6-11-12-9/h3-7H,1-2H3,(H,11,12). The number of nitrogens with one attached hydrogen (secondary N) is 1. The molecule has 0 saturated carbocycles. The van der Waals surface area contributed by atoms with Crippen LogP contribution in [0.5, 0.6) is 5.75 Å². The first-order chi connectivity index (χ1) is 6.27. The number of fused-ring (bicyclic) bond motifs is 1. The minimum Gasteiger partial charge on any atom is -0.490 e. The lowest BCUT2D eigenvalue weighted by molar-refractivity contribution is 0.245. The molecule has 3 nitrogen and oxygen atoms in total. The molecule has 0 aliphatic heterocycles. The molecule has 0 fully saturated rings. The van der Waals surface area contributed by atoms with Crippen molar-refractivity contribution in [3.8, 4) is 5.75 Å². The van der Waals surface area contributed by atoms with E-state index in [0.29, 0.717) is 0 Å². The van der Waals surface area contributed by atoms with Crippen LogP contribution in [-0.2, 0) is 0 Å². The second-order valence-electron chi connectivity index (χ2n) is 3.25. The van der Waals surface area contributed by atoms with Crippen LogP contribution in [0, 0.1) is 0 Å². The molecule has 0 spiro atoms. The summed E-state index contributed by atoms with van der Waals surface area (Å²) in [6.45, 7) is 4.03. The van der Waals surface area contributed by atoms with Gasteiger partial charge in [0.1, 0.15) is 5.75 Å². The first-order valence-corrected chi connectivity index (χ1v) is 4.36. The van der Waals surface area contributed by atoms with Crippen molar-refractivity contribution in [1.82, 2.24) is 10.2 Å². The first kappa shape index (κ1) is 8.10. The highest BCUT2D eigenvalue weighted by atomic mass is 16.5. The van der Waals surface area contributed by atoms with Crippen molar-refractivity contribution in [3.05, 3.63) is 24.4 Å². The Morgan fingerprint density at radius 1 is 1.38 bits per heavy atom. The highest BCUT2D eigenvalue weighted by Gasteiger charge is 2.04. The molecule has 1 heterocycles. The van der Waals surface area contributed by atoms with Crippen molar-refractivity contribution in [2.75, 3.05) is 0 Å². The molecule has 1 aromatic heterocycles. The molecule has 0 saturated heterocycles. The molecule has 0 bridgehead atoms. The Labute approximate surface area is 76.7 Å². The Morgan fingerprint density at radius 2 is 2.23 bits per heavy atom. The smallest absolute Gasteiger partial charge is 0.130 e. The fourth-order valence-corrected chi connectivity index (χ4v) is 1.30. The quantitative estimate of drug-likeness (QED) is 0.762. The summed E-state index contributed by atoms with van der Waals surface area (Å²) < 4.78 is 5.63. The average molecular weight is 176 g/mol. The van der Waals surface area contributed by atoms with Crippen molar-refractivity contribution in [2.45, 2.75) is 20.0 Å². The third-order valence-corrected chi connectivity index (χ3v) is 1.81. The first-order valence-electron chi connectivity index (χ1n) is 4.36. The van der Waals surface area contributed by atoms with Gasteiger partial charge < -0.3 is 4.74 Å². The lowest BCUT2D eigenvalue weighted by Gasteiger charge is -2.09. The number of hydrogen-bond donors (Lipinski definition) is 1. The second kappa shape index (κ2) is 3.09. The van der Waals surface area contributed by atoms with Crippen LogP contribution in [-0.4, -0.2) is 16.3 Å². The van der Waals surface area contributed by atoms with Crippen LogP contribution < -0.4 is 4.74 Å². The van der Waals surface area contributed by atoms with Crippen LogP contribution in [0.2, 0.25) is 0 Å². The van der Waals surface area contributed by atoms with Crippen LogP contribution in [0.15, 0.2) is 24.4 Å². The van der Waals surface area contributed by atoms with Gasteiger partial charge in [-0.2, -0.15) is 5.10 Å². The van der Waals surface area contributed by atoms with Gasteiger partial charge >= 0.3 is 0 Å². The maximum absolute atomic E-state index is 5.63. The Morgan fingerprint density at radius 3 is 3.00 bits per heavy atom. The molecule has 0 atom stereocenters. The lowest BCUT2D eigenvalue weighted by atomic mass is 10.2. The Bertz CT molecular complexity index is 406.